The van der Waals surface area contributed by atoms with Gasteiger partial charge in [0.2, 0.25) is 0 Å². The number of carbonyl (C=O) groups excluding carboxylic acids is 1. The highest BCUT2D eigenvalue weighted by molar-refractivity contribution is 7.86. The number of aromatic nitrogens is 1. The Hall–Kier alpha value is -4.67. The molecular weight excluding hydrogens is 769 g/mol. The van der Waals surface area contributed by atoms with Crippen molar-refractivity contribution in [1.29, 1.82) is 0 Å². The fourth-order valence-corrected chi connectivity index (χ4v) is 7.11. The molecule has 0 bridgehead atoms. The number of nitrogens with zero attached hydrogens (tertiary/aromatic N) is 2. The summed E-state index contributed by atoms with van der Waals surface area (Å²) < 4.78 is 63.7. The first-order chi connectivity index (χ1) is 27.4. The highest BCUT2D eigenvalue weighted by Crippen LogP contribution is 2.33. The first-order valence-electron chi connectivity index (χ1n) is 18.5. The molecular formula is C43H50N2O10S2. The lowest BCUT2D eigenvalue weighted by molar-refractivity contribution is -0.00840. The monoisotopic (exact) mass is 818 g/mol. The van der Waals surface area contributed by atoms with E-state index in [1.54, 1.807) is 30.6 Å². The second-order valence-corrected chi connectivity index (χ2v) is 16.5. The number of amides is 1. The summed E-state index contributed by atoms with van der Waals surface area (Å²) in [6, 6.07) is 28.1. The number of ether oxygens (including phenoxy) is 6. The molecule has 0 spiro atoms. The first-order valence-corrected chi connectivity index (χ1v) is 20.7. The summed E-state index contributed by atoms with van der Waals surface area (Å²) in [6.07, 6.45) is 3.57. The number of aryl methyl sites for hydroxylation is 1. The van der Waals surface area contributed by atoms with Crippen LogP contribution >= 0.6 is 11.3 Å². The molecule has 57 heavy (non-hydrogen) atoms. The summed E-state index contributed by atoms with van der Waals surface area (Å²) in [4.78, 5) is 19.6. The van der Waals surface area contributed by atoms with E-state index in [9.17, 15) is 13.2 Å². The lowest BCUT2D eigenvalue weighted by Gasteiger charge is -2.27. The third-order valence-corrected chi connectivity index (χ3v) is 10.5. The fraction of sp³-hybridized carbons (Fsp3) is 0.349. The van der Waals surface area contributed by atoms with Crippen molar-refractivity contribution < 1.29 is 45.8 Å². The minimum atomic E-state index is -3.85. The van der Waals surface area contributed by atoms with Crippen molar-refractivity contribution in [3.05, 3.63) is 108 Å². The maximum Gasteiger partial charge on any atom is 0.414 e. The van der Waals surface area contributed by atoms with E-state index in [4.69, 9.17) is 37.6 Å². The van der Waals surface area contributed by atoms with Crippen molar-refractivity contribution in [2.24, 2.45) is 0 Å². The second kappa shape index (κ2) is 21.2. The van der Waals surface area contributed by atoms with Crippen LogP contribution in [0.2, 0.25) is 0 Å². The van der Waals surface area contributed by atoms with Crippen molar-refractivity contribution in [1.82, 2.24) is 4.98 Å². The third kappa shape index (κ3) is 14.0. The van der Waals surface area contributed by atoms with Gasteiger partial charge in [0.1, 0.15) is 16.4 Å². The van der Waals surface area contributed by atoms with Crippen LogP contribution < -0.4 is 9.64 Å². The molecule has 0 radical (unpaired) electrons. The van der Waals surface area contributed by atoms with Gasteiger partial charge in [-0.15, -0.1) is 11.3 Å². The Kier molecular flexibility index (Phi) is 16.2. The number of thiazole rings is 1. The Labute approximate surface area is 339 Å². The maximum atomic E-state index is 13.2. The van der Waals surface area contributed by atoms with Gasteiger partial charge in [0.25, 0.3) is 10.1 Å². The van der Waals surface area contributed by atoms with Crippen LogP contribution in [0.3, 0.4) is 0 Å². The molecule has 4 aromatic carbocycles. The molecule has 0 saturated carbocycles. The van der Waals surface area contributed by atoms with E-state index in [1.807, 2.05) is 82.3 Å². The second-order valence-electron chi connectivity index (χ2n) is 13.8. The minimum Gasteiger partial charge on any atom is -0.468 e. The van der Waals surface area contributed by atoms with Crippen LogP contribution in [-0.2, 0) is 38.0 Å². The van der Waals surface area contributed by atoms with Gasteiger partial charge < -0.3 is 28.4 Å². The van der Waals surface area contributed by atoms with E-state index in [2.05, 4.69) is 24.3 Å². The molecule has 0 aliphatic heterocycles. The maximum absolute atomic E-state index is 13.2. The Morgan fingerprint density at radius 1 is 0.772 bits per heavy atom. The van der Waals surface area contributed by atoms with Gasteiger partial charge in [-0.2, -0.15) is 8.42 Å². The number of fused-ring (bicyclic) bond motifs is 1. The van der Waals surface area contributed by atoms with Gasteiger partial charge in [-0.05, 0) is 81.3 Å². The van der Waals surface area contributed by atoms with E-state index in [-0.39, 0.29) is 51.3 Å². The number of hydrogen-bond donors (Lipinski definition) is 0. The predicted molar refractivity (Wildman–Crippen MR) is 223 cm³/mol. The number of hydrogen-bond acceptors (Lipinski definition) is 12. The smallest absolute Gasteiger partial charge is 0.414 e. The van der Waals surface area contributed by atoms with Gasteiger partial charge in [-0.1, -0.05) is 66.2 Å². The Bertz CT molecular complexity index is 2150. The molecule has 1 aromatic heterocycles. The molecule has 12 nitrogen and oxygen atoms in total. The largest absolute Gasteiger partial charge is 0.468 e. The summed E-state index contributed by atoms with van der Waals surface area (Å²) in [6.45, 7) is 9.43. The van der Waals surface area contributed by atoms with E-state index < -0.39 is 21.8 Å². The van der Waals surface area contributed by atoms with Crippen LogP contribution in [0.15, 0.2) is 95.9 Å². The molecule has 5 rings (SSSR count). The molecule has 0 aliphatic carbocycles. The number of rotatable bonds is 21. The van der Waals surface area contributed by atoms with Crippen LogP contribution in [0.5, 0.6) is 5.75 Å². The van der Waals surface area contributed by atoms with Gasteiger partial charge in [-0.25, -0.2) is 9.78 Å². The standard InChI is InChI=1S/C43H50N2O10S2/c1-32-6-19-38(20-7-32)57(47,48)54-29-28-51-27-26-50-23-22-45(42(46)55-43(2,3)4)36-16-12-34(13-17-36)9-8-33-10-14-35(15-11-33)41-44-39-21-18-37(30-40(39)56-41)53-31-52-25-24-49-5/h6-21,30H,22-29,31H2,1-5H3/b9-8+. The summed E-state index contributed by atoms with van der Waals surface area (Å²) in [5.74, 6) is 0.726. The first kappa shape index (κ1) is 43.5. The number of carbonyl (C=O) groups is 1. The molecule has 0 fully saturated rings. The molecule has 1 amide bonds. The van der Waals surface area contributed by atoms with E-state index in [0.717, 1.165) is 43.2 Å². The number of methoxy groups -OCH3 is 1. The Morgan fingerprint density at radius 2 is 1.40 bits per heavy atom. The molecule has 304 valence electrons. The molecule has 0 saturated heterocycles. The van der Waals surface area contributed by atoms with Gasteiger partial charge >= 0.3 is 6.09 Å². The minimum absolute atomic E-state index is 0.0833. The van der Waals surface area contributed by atoms with Crippen molar-refractivity contribution in [3.63, 3.8) is 0 Å². The Morgan fingerprint density at radius 3 is 2.07 bits per heavy atom. The van der Waals surface area contributed by atoms with E-state index in [0.29, 0.717) is 18.9 Å². The normalized spacial score (nSPS) is 12.0. The number of benzene rings is 4. The van der Waals surface area contributed by atoms with Crippen molar-refractivity contribution in [2.75, 3.05) is 71.6 Å². The molecule has 0 N–H and O–H groups in total. The van der Waals surface area contributed by atoms with Gasteiger partial charge in [0.15, 0.2) is 6.79 Å². The number of anilines is 1. The van der Waals surface area contributed by atoms with Crippen LogP contribution in [0, 0.1) is 6.92 Å². The molecule has 1 heterocycles. The van der Waals surface area contributed by atoms with Gasteiger partial charge in [0, 0.05) is 18.4 Å². The molecule has 5 aromatic rings. The summed E-state index contributed by atoms with van der Waals surface area (Å²) in [7, 11) is -2.22. The lowest BCUT2D eigenvalue weighted by Crippen LogP contribution is -2.39. The van der Waals surface area contributed by atoms with Crippen LogP contribution in [0.1, 0.15) is 37.5 Å². The summed E-state index contributed by atoms with van der Waals surface area (Å²) >= 11 is 1.61. The fourth-order valence-electron chi connectivity index (χ4n) is 5.22. The average Bonchev–Trinajstić information content (AvgIpc) is 3.61. The van der Waals surface area contributed by atoms with Gasteiger partial charge in [0.05, 0.1) is 67.9 Å². The third-order valence-electron chi connectivity index (χ3n) is 8.15. The lowest BCUT2D eigenvalue weighted by atomic mass is 10.1. The van der Waals surface area contributed by atoms with Crippen molar-refractivity contribution in [3.8, 4) is 16.3 Å². The summed E-state index contributed by atoms with van der Waals surface area (Å²) in [5.41, 5.74) is 4.88. The SMILES string of the molecule is COCCOCOc1ccc2nc(-c3ccc(/C=C/c4ccc(N(CCOCCOCCOS(=O)(=O)c5ccc(C)cc5)C(=O)OC(C)(C)C)cc4)cc3)sc2c1. The van der Waals surface area contributed by atoms with E-state index >= 15 is 0 Å². The highest BCUT2D eigenvalue weighted by atomic mass is 32.2. The topological polar surface area (TPSA) is 132 Å². The van der Waals surface area contributed by atoms with Crippen LogP contribution in [0.25, 0.3) is 32.9 Å². The molecule has 14 heteroatoms. The van der Waals surface area contributed by atoms with Crippen LogP contribution in [-0.4, -0.2) is 91.8 Å². The predicted octanol–water partition coefficient (Wildman–Crippen LogP) is 8.62. The quantitative estimate of drug-likeness (QED) is 0.0305. The average molecular weight is 819 g/mol. The van der Waals surface area contributed by atoms with Crippen molar-refractivity contribution >= 4 is 55.6 Å². The Balaban J connectivity index is 1.09. The molecule has 0 aliphatic rings. The summed E-state index contributed by atoms with van der Waals surface area (Å²) in [5, 5.41) is 0.924. The molecule has 0 unspecified atom stereocenters. The zero-order chi connectivity index (χ0) is 40.7. The van der Waals surface area contributed by atoms with Crippen molar-refractivity contribution in [2.45, 2.75) is 38.2 Å². The highest BCUT2D eigenvalue weighted by Gasteiger charge is 2.23. The zero-order valence-corrected chi connectivity index (χ0v) is 34.6. The zero-order valence-electron chi connectivity index (χ0n) is 33.0. The molecule has 0 atom stereocenters. The van der Waals surface area contributed by atoms with E-state index in [1.165, 1.54) is 17.0 Å². The van der Waals surface area contributed by atoms with Gasteiger partial charge in [-0.3, -0.25) is 9.08 Å². The van der Waals surface area contributed by atoms with Crippen LogP contribution in [0.4, 0.5) is 10.5 Å².